The molecule has 1 saturated heterocycles. The highest BCUT2D eigenvalue weighted by Gasteiger charge is 2.45. The minimum absolute atomic E-state index is 0.306. The summed E-state index contributed by atoms with van der Waals surface area (Å²) < 4.78 is 20.7. The van der Waals surface area contributed by atoms with Gasteiger partial charge in [0.2, 0.25) is 5.79 Å². The molecule has 0 N–H and O–H groups in total. The molecule has 2 unspecified atom stereocenters. The molecule has 164 valence electrons. The highest BCUT2D eigenvalue weighted by molar-refractivity contribution is 6.36. The first-order valence-electron chi connectivity index (χ1n) is 10.1. The van der Waals surface area contributed by atoms with Gasteiger partial charge in [0, 0.05) is 38.8 Å². The Morgan fingerprint density at radius 1 is 1.03 bits per heavy atom. The topological polar surface area (TPSA) is 45.5 Å². The van der Waals surface area contributed by atoms with Crippen molar-refractivity contribution in [3.05, 3.63) is 93.9 Å². The first-order valence-corrected chi connectivity index (χ1v) is 11.2. The summed E-state index contributed by atoms with van der Waals surface area (Å²) in [5.41, 5.74) is 0.705. The lowest BCUT2D eigenvalue weighted by atomic mass is 10.1. The highest BCUT2D eigenvalue weighted by Crippen LogP contribution is 2.41. The van der Waals surface area contributed by atoms with Crippen molar-refractivity contribution in [3.8, 4) is 5.75 Å². The molecule has 32 heavy (non-hydrogen) atoms. The molecule has 1 fully saturated rings. The highest BCUT2D eigenvalue weighted by atomic mass is 35.5. The van der Waals surface area contributed by atoms with Gasteiger partial charge in [0.05, 0.1) is 24.5 Å². The van der Waals surface area contributed by atoms with E-state index in [0.29, 0.717) is 40.4 Å². The number of nitrogens with zero attached hydrogens (tertiary/aromatic N) is 2. The van der Waals surface area contributed by atoms with Crippen molar-refractivity contribution < 1.29 is 14.2 Å². The van der Waals surface area contributed by atoms with Crippen LogP contribution in [0, 0.1) is 0 Å². The van der Waals surface area contributed by atoms with E-state index < -0.39 is 5.79 Å². The van der Waals surface area contributed by atoms with Gasteiger partial charge < -0.3 is 18.8 Å². The quantitative estimate of drug-likeness (QED) is 0.317. The van der Waals surface area contributed by atoms with Gasteiger partial charge in [-0.3, -0.25) is 0 Å². The van der Waals surface area contributed by atoms with Gasteiger partial charge in [-0.1, -0.05) is 65.1 Å². The Kier molecular flexibility index (Phi) is 6.01. The van der Waals surface area contributed by atoms with E-state index in [1.807, 2.05) is 53.2 Å². The van der Waals surface area contributed by atoms with Crippen LogP contribution in [0.2, 0.25) is 15.1 Å². The predicted molar refractivity (Wildman–Crippen MR) is 126 cm³/mol. The Morgan fingerprint density at radius 3 is 2.66 bits per heavy atom. The Labute approximate surface area is 200 Å². The van der Waals surface area contributed by atoms with Crippen LogP contribution in [0.15, 0.2) is 73.3 Å². The summed E-state index contributed by atoms with van der Waals surface area (Å²) in [6.45, 7) is 1.04. The number of benzene rings is 3. The van der Waals surface area contributed by atoms with Gasteiger partial charge in [-0.15, -0.1) is 0 Å². The zero-order valence-electron chi connectivity index (χ0n) is 16.9. The van der Waals surface area contributed by atoms with E-state index in [4.69, 9.17) is 49.0 Å². The van der Waals surface area contributed by atoms with Crippen molar-refractivity contribution in [3.63, 3.8) is 0 Å². The van der Waals surface area contributed by atoms with E-state index in [9.17, 15) is 0 Å². The lowest BCUT2D eigenvalue weighted by Gasteiger charge is -2.30. The largest absolute Gasteiger partial charge is 0.490 e. The summed E-state index contributed by atoms with van der Waals surface area (Å²) in [5.74, 6) is -0.344. The third-order valence-electron chi connectivity index (χ3n) is 5.41. The van der Waals surface area contributed by atoms with Crippen LogP contribution in [0.3, 0.4) is 0 Å². The molecule has 1 aliphatic rings. The van der Waals surface area contributed by atoms with Gasteiger partial charge in [0.15, 0.2) is 0 Å². The van der Waals surface area contributed by atoms with E-state index in [1.165, 1.54) is 0 Å². The number of ether oxygens (including phenoxy) is 3. The molecular weight excluding hydrogens is 471 g/mol. The maximum atomic E-state index is 6.53. The van der Waals surface area contributed by atoms with Crippen LogP contribution in [0.1, 0.15) is 5.56 Å². The summed E-state index contributed by atoms with van der Waals surface area (Å²) >= 11 is 19.0. The van der Waals surface area contributed by atoms with Crippen LogP contribution >= 0.6 is 34.8 Å². The third-order valence-corrected chi connectivity index (χ3v) is 6.28. The van der Waals surface area contributed by atoms with Crippen LogP contribution in [-0.2, 0) is 21.8 Å². The number of hydrogen-bond acceptors (Lipinski definition) is 4. The van der Waals surface area contributed by atoms with Crippen molar-refractivity contribution in [2.45, 2.75) is 18.4 Å². The molecule has 2 heterocycles. The van der Waals surface area contributed by atoms with Gasteiger partial charge in [0.25, 0.3) is 0 Å². The van der Waals surface area contributed by atoms with Crippen LogP contribution in [0.25, 0.3) is 10.8 Å². The van der Waals surface area contributed by atoms with Gasteiger partial charge in [0.1, 0.15) is 18.5 Å². The summed E-state index contributed by atoms with van der Waals surface area (Å²) in [5, 5.41) is 3.60. The van der Waals surface area contributed by atoms with Crippen LogP contribution in [-0.4, -0.2) is 28.9 Å². The van der Waals surface area contributed by atoms with Crippen molar-refractivity contribution in [2.24, 2.45) is 0 Å². The van der Waals surface area contributed by atoms with Crippen LogP contribution in [0.4, 0.5) is 0 Å². The number of aromatic nitrogens is 2. The molecular formula is C24H19Cl3N2O3. The zero-order valence-corrected chi connectivity index (χ0v) is 19.1. The summed E-state index contributed by atoms with van der Waals surface area (Å²) in [6.07, 6.45) is 4.96. The Balaban J connectivity index is 1.39. The number of halogens is 3. The minimum Gasteiger partial charge on any atom is -0.490 e. The molecule has 5 nitrogen and oxygen atoms in total. The van der Waals surface area contributed by atoms with Crippen molar-refractivity contribution in [1.82, 2.24) is 9.55 Å². The van der Waals surface area contributed by atoms with Crippen molar-refractivity contribution >= 4 is 45.6 Å². The average Bonchev–Trinajstić information content (AvgIpc) is 3.44. The minimum atomic E-state index is -1.08. The van der Waals surface area contributed by atoms with Crippen LogP contribution in [0.5, 0.6) is 5.75 Å². The second-order valence-corrected chi connectivity index (χ2v) is 8.82. The monoisotopic (exact) mass is 488 g/mol. The van der Waals surface area contributed by atoms with E-state index >= 15 is 0 Å². The van der Waals surface area contributed by atoms with Gasteiger partial charge in [-0.05, 0) is 24.3 Å². The molecule has 0 spiro atoms. The lowest BCUT2D eigenvalue weighted by molar-refractivity contribution is -0.189. The molecule has 0 saturated carbocycles. The molecule has 3 aromatic carbocycles. The molecule has 0 bridgehead atoms. The Hall–Kier alpha value is -2.28. The molecule has 1 aromatic heterocycles. The first-order chi connectivity index (χ1) is 15.5. The maximum Gasteiger partial charge on any atom is 0.215 e. The molecule has 2 atom stereocenters. The summed E-state index contributed by atoms with van der Waals surface area (Å²) in [4.78, 5) is 4.12. The normalized spacial score (nSPS) is 20.7. The fraction of sp³-hybridized carbons (Fsp3) is 0.208. The van der Waals surface area contributed by atoms with E-state index in [1.54, 1.807) is 24.7 Å². The molecule has 0 radical (unpaired) electrons. The Bertz CT molecular complexity index is 1250. The number of imidazole rings is 1. The second-order valence-electron chi connectivity index (χ2n) is 7.57. The summed E-state index contributed by atoms with van der Waals surface area (Å²) in [7, 11) is 0. The smallest absolute Gasteiger partial charge is 0.215 e. The third kappa shape index (κ3) is 4.19. The molecule has 5 rings (SSSR count). The fourth-order valence-corrected chi connectivity index (χ4v) is 4.70. The van der Waals surface area contributed by atoms with Crippen LogP contribution < -0.4 is 4.74 Å². The lowest BCUT2D eigenvalue weighted by Crippen LogP contribution is -2.34. The predicted octanol–water partition coefficient (Wildman–Crippen LogP) is 6.34. The van der Waals surface area contributed by atoms with Gasteiger partial charge in [-0.25, -0.2) is 4.98 Å². The molecule has 8 heteroatoms. The zero-order chi connectivity index (χ0) is 22.1. The second kappa shape index (κ2) is 8.93. The molecule has 1 aliphatic heterocycles. The Morgan fingerprint density at radius 2 is 1.88 bits per heavy atom. The number of fused-ring (bicyclic) bond motifs is 1. The average molecular weight is 490 g/mol. The number of hydrogen-bond donors (Lipinski definition) is 0. The van der Waals surface area contributed by atoms with E-state index in [2.05, 4.69) is 4.98 Å². The maximum absolute atomic E-state index is 6.53. The van der Waals surface area contributed by atoms with E-state index in [-0.39, 0.29) is 6.10 Å². The van der Waals surface area contributed by atoms with Gasteiger partial charge >= 0.3 is 0 Å². The number of rotatable bonds is 6. The van der Waals surface area contributed by atoms with E-state index in [0.717, 1.165) is 16.5 Å². The first kappa shape index (κ1) is 21.6. The van der Waals surface area contributed by atoms with Gasteiger partial charge in [-0.2, -0.15) is 0 Å². The fourth-order valence-electron chi connectivity index (χ4n) is 3.92. The molecule has 0 aliphatic carbocycles. The van der Waals surface area contributed by atoms with Crippen molar-refractivity contribution in [1.29, 1.82) is 0 Å². The summed E-state index contributed by atoms with van der Waals surface area (Å²) in [6, 6.07) is 16.9. The molecule has 0 amide bonds. The SMILES string of the molecule is Clc1ccc(C2(Cn3ccnc3)OCC(COc3ccc(Cl)c4ccccc34)O2)c(Cl)c1. The van der Waals surface area contributed by atoms with Crippen molar-refractivity contribution in [2.75, 3.05) is 13.2 Å². The standard InChI is InChI=1S/C24H19Cl3N2O3/c25-16-5-6-20(22(27)11-16)24(14-29-10-9-28-15-29)31-13-17(32-24)12-30-23-8-7-21(26)18-3-1-2-4-19(18)23/h1-11,15,17H,12-14H2. The molecule has 4 aromatic rings.